The molecule has 102 valence electrons. The lowest BCUT2D eigenvalue weighted by Gasteiger charge is -2.37. The van der Waals surface area contributed by atoms with Gasteiger partial charge < -0.3 is 9.64 Å². The highest BCUT2D eigenvalue weighted by Crippen LogP contribution is 2.29. The van der Waals surface area contributed by atoms with E-state index in [1.165, 1.54) is 12.1 Å². The van der Waals surface area contributed by atoms with Crippen LogP contribution in [0.4, 0.5) is 14.5 Å². The van der Waals surface area contributed by atoms with E-state index in [4.69, 9.17) is 10.00 Å². The zero-order valence-corrected chi connectivity index (χ0v) is 11.0. The summed E-state index contributed by atoms with van der Waals surface area (Å²) in [7, 11) is 1.63. The smallest absolute Gasteiger partial charge is 0.183 e. The van der Waals surface area contributed by atoms with Crippen molar-refractivity contribution in [3.05, 3.63) is 29.3 Å². The van der Waals surface area contributed by atoms with Gasteiger partial charge in [0.05, 0.1) is 17.4 Å². The number of anilines is 1. The standard InChI is InChI=1S/C14H16F2N2O/c1-9-5-6-18(8-12(9)19-2)11-4-3-10(7-17)13(15)14(11)16/h3-4,9,12H,5-6,8H2,1-2H3. The van der Waals surface area contributed by atoms with Crippen molar-refractivity contribution in [1.82, 2.24) is 0 Å². The third-order valence-corrected chi connectivity index (χ3v) is 3.72. The van der Waals surface area contributed by atoms with Gasteiger partial charge in [0.15, 0.2) is 11.6 Å². The van der Waals surface area contributed by atoms with Gasteiger partial charge in [0, 0.05) is 20.2 Å². The Labute approximate surface area is 111 Å². The number of halogens is 2. The summed E-state index contributed by atoms with van der Waals surface area (Å²) in [6.45, 7) is 3.27. The largest absolute Gasteiger partial charge is 0.379 e. The summed E-state index contributed by atoms with van der Waals surface area (Å²) >= 11 is 0. The van der Waals surface area contributed by atoms with E-state index in [0.29, 0.717) is 19.0 Å². The van der Waals surface area contributed by atoms with E-state index in [-0.39, 0.29) is 17.4 Å². The predicted octanol–water partition coefficient (Wildman–Crippen LogP) is 2.70. The number of nitriles is 1. The molecule has 1 aliphatic heterocycles. The molecule has 0 amide bonds. The lowest BCUT2D eigenvalue weighted by molar-refractivity contribution is 0.0496. The van der Waals surface area contributed by atoms with Crippen molar-refractivity contribution >= 4 is 5.69 Å². The molecule has 0 saturated carbocycles. The average Bonchev–Trinajstić information content (AvgIpc) is 2.43. The number of ether oxygens (including phenoxy) is 1. The number of hydrogen-bond acceptors (Lipinski definition) is 3. The Balaban J connectivity index is 2.28. The summed E-state index contributed by atoms with van der Waals surface area (Å²) in [4.78, 5) is 1.77. The summed E-state index contributed by atoms with van der Waals surface area (Å²) in [5.41, 5.74) is -0.0691. The van der Waals surface area contributed by atoms with Gasteiger partial charge in [-0.1, -0.05) is 6.92 Å². The molecule has 5 heteroatoms. The second-order valence-electron chi connectivity index (χ2n) is 4.86. The van der Waals surface area contributed by atoms with Crippen molar-refractivity contribution in [2.75, 3.05) is 25.1 Å². The molecule has 1 aromatic rings. The van der Waals surface area contributed by atoms with Gasteiger partial charge in [0.2, 0.25) is 0 Å². The van der Waals surface area contributed by atoms with Crippen LogP contribution in [0.1, 0.15) is 18.9 Å². The molecule has 2 unspecified atom stereocenters. The quantitative estimate of drug-likeness (QED) is 0.825. The van der Waals surface area contributed by atoms with Crippen LogP contribution < -0.4 is 4.90 Å². The van der Waals surface area contributed by atoms with Gasteiger partial charge in [0.25, 0.3) is 0 Å². The minimum Gasteiger partial charge on any atom is -0.379 e. The first-order chi connectivity index (χ1) is 9.08. The van der Waals surface area contributed by atoms with Gasteiger partial charge in [0.1, 0.15) is 6.07 Å². The highest BCUT2D eigenvalue weighted by atomic mass is 19.2. The maximum absolute atomic E-state index is 14.0. The minimum absolute atomic E-state index is 0.00635. The molecule has 1 heterocycles. The van der Waals surface area contributed by atoms with E-state index in [1.807, 2.05) is 0 Å². The molecule has 3 nitrogen and oxygen atoms in total. The predicted molar refractivity (Wildman–Crippen MR) is 67.9 cm³/mol. The monoisotopic (exact) mass is 266 g/mol. The third kappa shape index (κ3) is 2.54. The van der Waals surface area contributed by atoms with Crippen LogP contribution in [0.15, 0.2) is 12.1 Å². The Bertz CT molecular complexity index is 513. The highest BCUT2D eigenvalue weighted by Gasteiger charge is 2.28. The van der Waals surface area contributed by atoms with Crippen molar-refractivity contribution < 1.29 is 13.5 Å². The molecule has 0 radical (unpaired) electrons. The number of rotatable bonds is 2. The van der Waals surface area contributed by atoms with Gasteiger partial charge in [-0.2, -0.15) is 5.26 Å². The Morgan fingerprint density at radius 3 is 2.74 bits per heavy atom. The van der Waals surface area contributed by atoms with E-state index in [9.17, 15) is 8.78 Å². The van der Waals surface area contributed by atoms with Crippen LogP contribution in [0.3, 0.4) is 0 Å². The number of methoxy groups -OCH3 is 1. The molecule has 1 saturated heterocycles. The minimum atomic E-state index is -1.08. The number of hydrogen-bond donors (Lipinski definition) is 0. The fourth-order valence-corrected chi connectivity index (χ4v) is 2.43. The lowest BCUT2D eigenvalue weighted by atomic mass is 9.95. The lowest BCUT2D eigenvalue weighted by Crippen LogP contribution is -2.44. The summed E-state index contributed by atoms with van der Waals surface area (Å²) in [5.74, 6) is -1.64. The molecule has 0 spiro atoms. The van der Waals surface area contributed by atoms with Crippen molar-refractivity contribution in [2.45, 2.75) is 19.4 Å². The van der Waals surface area contributed by atoms with Crippen molar-refractivity contribution in [1.29, 1.82) is 5.26 Å². The number of piperidine rings is 1. The van der Waals surface area contributed by atoms with E-state index < -0.39 is 11.6 Å². The van der Waals surface area contributed by atoms with Gasteiger partial charge in [-0.15, -0.1) is 0 Å². The van der Waals surface area contributed by atoms with Gasteiger partial charge in [-0.25, -0.2) is 8.78 Å². The molecular weight excluding hydrogens is 250 g/mol. The van der Waals surface area contributed by atoms with E-state index in [2.05, 4.69) is 6.92 Å². The molecule has 2 rings (SSSR count). The molecule has 1 fully saturated rings. The number of benzene rings is 1. The van der Waals surface area contributed by atoms with Gasteiger partial charge >= 0.3 is 0 Å². The average molecular weight is 266 g/mol. The molecule has 19 heavy (non-hydrogen) atoms. The molecule has 0 bridgehead atoms. The summed E-state index contributed by atoms with van der Waals surface area (Å²) in [5, 5.41) is 8.67. The third-order valence-electron chi connectivity index (χ3n) is 3.72. The Morgan fingerprint density at radius 2 is 2.11 bits per heavy atom. The first kappa shape index (κ1) is 13.8. The zero-order chi connectivity index (χ0) is 14.0. The van der Waals surface area contributed by atoms with Crippen molar-refractivity contribution in [3.8, 4) is 6.07 Å². The van der Waals surface area contributed by atoms with Crippen LogP contribution in [0.2, 0.25) is 0 Å². The van der Waals surface area contributed by atoms with E-state index in [0.717, 1.165) is 6.42 Å². The Kier molecular flexibility index (Phi) is 4.01. The molecule has 2 atom stereocenters. The Hall–Kier alpha value is -1.67. The number of nitrogens with zero attached hydrogens (tertiary/aromatic N) is 2. The van der Waals surface area contributed by atoms with Crippen molar-refractivity contribution in [2.24, 2.45) is 5.92 Å². The van der Waals surface area contributed by atoms with Gasteiger partial charge in [-0.05, 0) is 24.5 Å². The van der Waals surface area contributed by atoms with Crippen LogP contribution in [0.5, 0.6) is 0 Å². The molecule has 0 N–H and O–H groups in total. The van der Waals surface area contributed by atoms with Crippen molar-refractivity contribution in [3.63, 3.8) is 0 Å². The first-order valence-corrected chi connectivity index (χ1v) is 6.24. The van der Waals surface area contributed by atoms with E-state index >= 15 is 0 Å². The highest BCUT2D eigenvalue weighted by molar-refractivity contribution is 5.52. The zero-order valence-electron chi connectivity index (χ0n) is 11.0. The SMILES string of the molecule is COC1CN(c2ccc(C#N)c(F)c2F)CCC1C. The maximum Gasteiger partial charge on any atom is 0.183 e. The molecular formula is C14H16F2N2O. The van der Waals surface area contributed by atoms with Gasteiger partial charge in [-0.3, -0.25) is 0 Å². The fourth-order valence-electron chi connectivity index (χ4n) is 2.43. The van der Waals surface area contributed by atoms with Crippen LogP contribution in [-0.2, 0) is 4.74 Å². The van der Waals surface area contributed by atoms with Crippen LogP contribution >= 0.6 is 0 Å². The second kappa shape index (κ2) is 5.54. The summed E-state index contributed by atoms with van der Waals surface area (Å²) in [6, 6.07) is 4.41. The molecule has 1 aliphatic rings. The molecule has 0 aromatic heterocycles. The maximum atomic E-state index is 14.0. The normalized spacial score (nSPS) is 23.2. The molecule has 0 aliphatic carbocycles. The summed E-state index contributed by atoms with van der Waals surface area (Å²) < 4.78 is 32.9. The van der Waals surface area contributed by atoms with E-state index in [1.54, 1.807) is 18.1 Å². The topological polar surface area (TPSA) is 36.3 Å². The van der Waals surface area contributed by atoms with Crippen LogP contribution in [-0.4, -0.2) is 26.3 Å². The van der Waals surface area contributed by atoms with Crippen LogP contribution in [0, 0.1) is 28.9 Å². The molecule has 1 aromatic carbocycles. The summed E-state index contributed by atoms with van der Waals surface area (Å²) in [6.07, 6.45) is 0.867. The fraction of sp³-hybridized carbons (Fsp3) is 0.500. The second-order valence-corrected chi connectivity index (χ2v) is 4.86. The van der Waals surface area contributed by atoms with Crippen LogP contribution in [0.25, 0.3) is 0 Å². The Morgan fingerprint density at radius 1 is 1.37 bits per heavy atom. The first-order valence-electron chi connectivity index (χ1n) is 6.24.